The van der Waals surface area contributed by atoms with Crippen LogP contribution < -0.4 is 5.32 Å². The summed E-state index contributed by atoms with van der Waals surface area (Å²) in [5.41, 5.74) is 0. The van der Waals surface area contributed by atoms with Crippen LogP contribution in [0, 0.1) is 5.92 Å². The molecular weight excluding hydrogens is 208 g/mol. The molecule has 0 radical (unpaired) electrons. The molecular formula is C11H24N2O3. The molecule has 1 atom stereocenters. The second-order valence-electron chi connectivity index (χ2n) is 3.92. The van der Waals surface area contributed by atoms with Gasteiger partial charge in [-0.1, -0.05) is 6.92 Å². The fourth-order valence-corrected chi connectivity index (χ4v) is 1.23. The predicted octanol–water partition coefficient (Wildman–Crippen LogP) is -0.0367. The Hall–Kier alpha value is -0.650. The number of rotatable bonds is 9. The second kappa shape index (κ2) is 9.57. The third-order valence-electron chi connectivity index (χ3n) is 2.40. The molecule has 0 fully saturated rings. The largest absolute Gasteiger partial charge is 0.469 e. The highest BCUT2D eigenvalue weighted by Gasteiger charge is 2.11. The lowest BCUT2D eigenvalue weighted by atomic mass is 10.2. The topological polar surface area (TPSA) is 50.8 Å². The number of ether oxygens (including phenoxy) is 2. The summed E-state index contributed by atoms with van der Waals surface area (Å²) in [5, 5.41) is 3.22. The number of hydrogen-bond acceptors (Lipinski definition) is 5. The predicted molar refractivity (Wildman–Crippen MR) is 63.4 cm³/mol. The summed E-state index contributed by atoms with van der Waals surface area (Å²) >= 11 is 0. The van der Waals surface area contributed by atoms with E-state index < -0.39 is 0 Å². The average molecular weight is 232 g/mol. The van der Waals surface area contributed by atoms with Gasteiger partial charge in [-0.3, -0.25) is 4.79 Å². The van der Waals surface area contributed by atoms with Gasteiger partial charge in [-0.2, -0.15) is 0 Å². The number of nitrogens with one attached hydrogen (secondary N) is 1. The van der Waals surface area contributed by atoms with E-state index in [1.807, 2.05) is 14.0 Å². The summed E-state index contributed by atoms with van der Waals surface area (Å²) in [6.45, 7) is 5.98. The number of hydrogen-bond donors (Lipinski definition) is 1. The van der Waals surface area contributed by atoms with Crippen LogP contribution in [0.15, 0.2) is 0 Å². The van der Waals surface area contributed by atoms with Crippen molar-refractivity contribution in [1.29, 1.82) is 0 Å². The summed E-state index contributed by atoms with van der Waals surface area (Å²) in [5.74, 6) is -0.255. The number of methoxy groups -OCH3 is 2. The molecule has 1 unspecified atom stereocenters. The summed E-state index contributed by atoms with van der Waals surface area (Å²) in [7, 11) is 5.16. The third-order valence-corrected chi connectivity index (χ3v) is 2.40. The molecule has 0 aromatic heterocycles. The Labute approximate surface area is 98.1 Å². The van der Waals surface area contributed by atoms with Crippen LogP contribution in [0.3, 0.4) is 0 Å². The lowest BCUT2D eigenvalue weighted by Crippen LogP contribution is -2.34. The Balaban J connectivity index is 3.41. The number of esters is 1. The van der Waals surface area contributed by atoms with E-state index in [1.165, 1.54) is 7.11 Å². The lowest BCUT2D eigenvalue weighted by Gasteiger charge is -2.17. The van der Waals surface area contributed by atoms with E-state index in [0.29, 0.717) is 6.54 Å². The van der Waals surface area contributed by atoms with Crippen LogP contribution in [0.2, 0.25) is 0 Å². The molecule has 0 aliphatic rings. The zero-order chi connectivity index (χ0) is 12.4. The SMILES string of the molecule is COCCN(C)CCNCC(C)C(=O)OC. The molecule has 0 aliphatic carbocycles. The van der Waals surface area contributed by atoms with Crippen LogP contribution in [0.25, 0.3) is 0 Å². The molecule has 0 saturated carbocycles. The Morgan fingerprint density at radius 1 is 1.38 bits per heavy atom. The zero-order valence-corrected chi connectivity index (χ0v) is 10.8. The molecule has 16 heavy (non-hydrogen) atoms. The van der Waals surface area contributed by atoms with Gasteiger partial charge < -0.3 is 19.7 Å². The standard InChI is InChI=1S/C11H24N2O3/c1-10(11(14)16-4)9-12-5-6-13(2)7-8-15-3/h10,12H,5-9H2,1-4H3. The van der Waals surface area contributed by atoms with Crippen LogP contribution in [-0.4, -0.2) is 64.9 Å². The highest BCUT2D eigenvalue weighted by atomic mass is 16.5. The van der Waals surface area contributed by atoms with Gasteiger partial charge in [-0.15, -0.1) is 0 Å². The minimum absolute atomic E-state index is 0.0886. The van der Waals surface area contributed by atoms with Crippen LogP contribution in [0.5, 0.6) is 0 Å². The molecule has 96 valence electrons. The molecule has 0 aliphatic heterocycles. The van der Waals surface area contributed by atoms with Crippen molar-refractivity contribution in [3.63, 3.8) is 0 Å². The summed E-state index contributed by atoms with van der Waals surface area (Å²) < 4.78 is 9.62. The summed E-state index contributed by atoms with van der Waals surface area (Å²) in [6, 6.07) is 0. The third kappa shape index (κ3) is 7.62. The molecule has 0 amide bonds. The highest BCUT2D eigenvalue weighted by molar-refractivity contribution is 5.71. The number of carbonyl (C=O) groups is 1. The normalized spacial score (nSPS) is 12.8. The van der Waals surface area contributed by atoms with Crippen molar-refractivity contribution in [2.45, 2.75) is 6.92 Å². The van der Waals surface area contributed by atoms with Gasteiger partial charge >= 0.3 is 5.97 Å². The summed E-state index contributed by atoms with van der Waals surface area (Å²) in [4.78, 5) is 13.3. The minimum atomic E-state index is -0.166. The Morgan fingerprint density at radius 2 is 2.06 bits per heavy atom. The van der Waals surface area contributed by atoms with Crippen molar-refractivity contribution in [2.24, 2.45) is 5.92 Å². The van der Waals surface area contributed by atoms with Gasteiger partial charge in [-0.05, 0) is 7.05 Å². The van der Waals surface area contributed by atoms with E-state index in [0.717, 1.165) is 26.2 Å². The molecule has 5 heteroatoms. The zero-order valence-electron chi connectivity index (χ0n) is 10.8. The highest BCUT2D eigenvalue weighted by Crippen LogP contribution is 1.94. The Morgan fingerprint density at radius 3 is 2.62 bits per heavy atom. The van der Waals surface area contributed by atoms with Gasteiger partial charge in [-0.25, -0.2) is 0 Å². The molecule has 0 bridgehead atoms. The monoisotopic (exact) mass is 232 g/mol. The van der Waals surface area contributed by atoms with Crippen LogP contribution in [0.1, 0.15) is 6.92 Å². The van der Waals surface area contributed by atoms with Gasteiger partial charge in [0.25, 0.3) is 0 Å². The quantitative estimate of drug-likeness (QED) is 0.447. The fourth-order valence-electron chi connectivity index (χ4n) is 1.23. The first kappa shape index (κ1) is 15.3. The number of likely N-dealkylation sites (N-methyl/N-ethyl adjacent to an activating group) is 1. The lowest BCUT2D eigenvalue weighted by molar-refractivity contribution is -0.144. The molecule has 0 saturated heterocycles. The summed E-state index contributed by atoms with van der Waals surface area (Å²) in [6.07, 6.45) is 0. The van der Waals surface area contributed by atoms with Crippen LogP contribution in [0.4, 0.5) is 0 Å². The molecule has 0 aromatic rings. The maximum Gasteiger partial charge on any atom is 0.309 e. The molecule has 5 nitrogen and oxygen atoms in total. The van der Waals surface area contributed by atoms with Crippen molar-refractivity contribution in [3.8, 4) is 0 Å². The maximum atomic E-state index is 11.1. The second-order valence-corrected chi connectivity index (χ2v) is 3.92. The Bertz CT molecular complexity index is 188. The van der Waals surface area contributed by atoms with Crippen molar-refractivity contribution in [2.75, 3.05) is 54.1 Å². The fraction of sp³-hybridized carbons (Fsp3) is 0.909. The Kier molecular flexibility index (Phi) is 9.18. The average Bonchev–Trinajstić information content (AvgIpc) is 2.30. The van der Waals surface area contributed by atoms with Crippen LogP contribution >= 0.6 is 0 Å². The van der Waals surface area contributed by atoms with Crippen molar-refractivity contribution in [3.05, 3.63) is 0 Å². The van der Waals surface area contributed by atoms with Crippen LogP contribution in [-0.2, 0) is 14.3 Å². The van der Waals surface area contributed by atoms with E-state index in [1.54, 1.807) is 7.11 Å². The van der Waals surface area contributed by atoms with Gasteiger partial charge in [0.15, 0.2) is 0 Å². The smallest absolute Gasteiger partial charge is 0.309 e. The van der Waals surface area contributed by atoms with Gasteiger partial charge in [0.1, 0.15) is 0 Å². The number of nitrogens with zero attached hydrogens (tertiary/aromatic N) is 1. The van der Waals surface area contributed by atoms with Crippen molar-refractivity contribution < 1.29 is 14.3 Å². The first-order chi connectivity index (χ1) is 7.61. The molecule has 0 rings (SSSR count). The molecule has 0 aromatic carbocycles. The van der Waals surface area contributed by atoms with E-state index in [2.05, 4.69) is 15.0 Å². The maximum absolute atomic E-state index is 11.1. The minimum Gasteiger partial charge on any atom is -0.469 e. The van der Waals surface area contributed by atoms with Crippen molar-refractivity contribution >= 4 is 5.97 Å². The van der Waals surface area contributed by atoms with E-state index in [-0.39, 0.29) is 11.9 Å². The van der Waals surface area contributed by atoms with Gasteiger partial charge in [0, 0.05) is 33.3 Å². The first-order valence-corrected chi connectivity index (χ1v) is 5.57. The van der Waals surface area contributed by atoms with E-state index in [9.17, 15) is 4.79 Å². The van der Waals surface area contributed by atoms with Gasteiger partial charge in [0.05, 0.1) is 19.6 Å². The molecule has 0 spiro atoms. The number of carbonyl (C=O) groups excluding carboxylic acids is 1. The van der Waals surface area contributed by atoms with Crippen molar-refractivity contribution in [1.82, 2.24) is 10.2 Å². The first-order valence-electron chi connectivity index (χ1n) is 5.57. The molecule has 1 N–H and O–H groups in total. The van der Waals surface area contributed by atoms with E-state index >= 15 is 0 Å². The van der Waals surface area contributed by atoms with E-state index in [4.69, 9.17) is 4.74 Å². The van der Waals surface area contributed by atoms with Gasteiger partial charge in [0.2, 0.25) is 0 Å². The molecule has 0 heterocycles.